The monoisotopic (exact) mass is 283 g/mol. The summed E-state index contributed by atoms with van der Waals surface area (Å²) in [7, 11) is 2.02. The Bertz CT molecular complexity index is 644. The van der Waals surface area contributed by atoms with Gasteiger partial charge in [-0.25, -0.2) is 4.39 Å². The minimum absolute atomic E-state index is 0.267. The number of aromatic nitrogens is 1. The number of nitrogens with zero attached hydrogens (tertiary/aromatic N) is 2. The van der Waals surface area contributed by atoms with E-state index in [0.717, 1.165) is 12.1 Å². The average molecular weight is 283 g/mol. The van der Waals surface area contributed by atoms with Crippen molar-refractivity contribution in [1.29, 1.82) is 0 Å². The summed E-state index contributed by atoms with van der Waals surface area (Å²) < 4.78 is 13.3. The number of halogens is 1. The molecule has 0 unspecified atom stereocenters. The summed E-state index contributed by atoms with van der Waals surface area (Å²) in [5.41, 5.74) is 8.26. The molecule has 0 aliphatic rings. The molecule has 0 spiro atoms. The Hall–Kier alpha value is -2.22. The van der Waals surface area contributed by atoms with Gasteiger partial charge in [-0.05, 0) is 42.4 Å². The molecule has 0 aliphatic heterocycles. The molecule has 108 valence electrons. The first-order valence-electron chi connectivity index (χ1n) is 6.74. The highest BCUT2D eigenvalue weighted by molar-refractivity contribution is 5.41. The van der Waals surface area contributed by atoms with Crippen LogP contribution in [0.15, 0.2) is 42.7 Å². The van der Waals surface area contributed by atoms with Gasteiger partial charge in [0.2, 0.25) is 0 Å². The van der Waals surface area contributed by atoms with Crippen molar-refractivity contribution in [1.82, 2.24) is 9.88 Å². The van der Waals surface area contributed by atoms with Crippen LogP contribution in [-0.2, 0) is 13.1 Å². The number of pyridine rings is 1. The molecule has 0 radical (unpaired) electrons. The molecule has 2 aromatic rings. The molecule has 1 aromatic heterocycles. The maximum absolute atomic E-state index is 13.3. The van der Waals surface area contributed by atoms with E-state index in [4.69, 9.17) is 5.73 Å². The molecule has 2 rings (SSSR count). The molecule has 0 aliphatic carbocycles. The van der Waals surface area contributed by atoms with Crippen molar-refractivity contribution >= 4 is 0 Å². The molecule has 0 bridgehead atoms. The van der Waals surface area contributed by atoms with Crippen LogP contribution < -0.4 is 5.73 Å². The van der Waals surface area contributed by atoms with Crippen LogP contribution in [0.4, 0.5) is 4.39 Å². The lowest BCUT2D eigenvalue weighted by atomic mass is 10.1. The molecule has 2 N–H and O–H groups in total. The third kappa shape index (κ3) is 4.67. The molecule has 21 heavy (non-hydrogen) atoms. The van der Waals surface area contributed by atoms with Gasteiger partial charge in [0.05, 0.1) is 6.54 Å². The van der Waals surface area contributed by atoms with E-state index in [1.807, 2.05) is 19.2 Å². The number of hydrogen-bond donors (Lipinski definition) is 1. The summed E-state index contributed by atoms with van der Waals surface area (Å²) >= 11 is 0. The fourth-order valence-electron chi connectivity index (χ4n) is 2.10. The van der Waals surface area contributed by atoms with Crippen molar-refractivity contribution in [3.8, 4) is 11.8 Å². The van der Waals surface area contributed by atoms with E-state index >= 15 is 0 Å². The molecule has 0 amide bonds. The van der Waals surface area contributed by atoms with Gasteiger partial charge in [-0.3, -0.25) is 9.88 Å². The van der Waals surface area contributed by atoms with E-state index in [9.17, 15) is 4.39 Å². The molecule has 0 atom stereocenters. The van der Waals surface area contributed by atoms with E-state index in [0.29, 0.717) is 12.1 Å². The zero-order chi connectivity index (χ0) is 15.1. The largest absolute Gasteiger partial charge is 0.320 e. The summed E-state index contributed by atoms with van der Waals surface area (Å²) in [6.07, 6.45) is 3.55. The summed E-state index contributed by atoms with van der Waals surface area (Å²) in [6, 6.07) is 8.66. The topological polar surface area (TPSA) is 42.2 Å². The minimum Gasteiger partial charge on any atom is -0.320 e. The summed E-state index contributed by atoms with van der Waals surface area (Å²) in [5.74, 6) is 5.43. The van der Waals surface area contributed by atoms with Gasteiger partial charge in [-0.1, -0.05) is 17.9 Å². The number of hydrogen-bond acceptors (Lipinski definition) is 3. The van der Waals surface area contributed by atoms with E-state index in [-0.39, 0.29) is 12.4 Å². The van der Waals surface area contributed by atoms with Crippen LogP contribution in [0.25, 0.3) is 0 Å². The van der Waals surface area contributed by atoms with Gasteiger partial charge in [0.25, 0.3) is 0 Å². The number of nitrogens with two attached hydrogens (primary N) is 1. The van der Waals surface area contributed by atoms with Crippen molar-refractivity contribution < 1.29 is 4.39 Å². The zero-order valence-electron chi connectivity index (χ0n) is 12.0. The van der Waals surface area contributed by atoms with Crippen molar-refractivity contribution in [2.24, 2.45) is 5.73 Å². The molecule has 1 heterocycles. The van der Waals surface area contributed by atoms with Crippen LogP contribution in [0, 0.1) is 17.7 Å². The Morgan fingerprint density at radius 1 is 1.19 bits per heavy atom. The normalized spacial score (nSPS) is 10.3. The number of benzene rings is 1. The predicted octanol–water partition coefficient (Wildman–Crippen LogP) is 2.16. The van der Waals surface area contributed by atoms with E-state index in [2.05, 4.69) is 21.7 Å². The minimum atomic E-state index is -0.281. The lowest BCUT2D eigenvalue weighted by Crippen LogP contribution is -2.18. The Balaban J connectivity index is 2.11. The second-order valence-corrected chi connectivity index (χ2v) is 4.84. The van der Waals surface area contributed by atoms with E-state index in [1.54, 1.807) is 18.5 Å². The van der Waals surface area contributed by atoms with E-state index in [1.165, 1.54) is 17.7 Å². The lowest BCUT2D eigenvalue weighted by molar-refractivity contribution is 0.318. The van der Waals surface area contributed by atoms with Crippen LogP contribution in [-0.4, -0.2) is 23.5 Å². The van der Waals surface area contributed by atoms with Gasteiger partial charge < -0.3 is 5.73 Å². The zero-order valence-corrected chi connectivity index (χ0v) is 12.0. The SMILES string of the molecule is CN(Cc1ccncc1)Cc1ccc(F)cc1C#CCN. The average Bonchev–Trinajstić information content (AvgIpc) is 2.48. The maximum Gasteiger partial charge on any atom is 0.124 e. The Morgan fingerprint density at radius 2 is 1.95 bits per heavy atom. The van der Waals surface area contributed by atoms with Crippen molar-refractivity contribution in [2.75, 3.05) is 13.6 Å². The van der Waals surface area contributed by atoms with Gasteiger partial charge in [0.15, 0.2) is 0 Å². The highest BCUT2D eigenvalue weighted by Crippen LogP contribution is 2.14. The summed E-state index contributed by atoms with van der Waals surface area (Å²) in [6.45, 7) is 1.75. The quantitative estimate of drug-likeness (QED) is 0.874. The Labute approximate surface area is 124 Å². The maximum atomic E-state index is 13.3. The van der Waals surface area contributed by atoms with Crippen molar-refractivity contribution in [2.45, 2.75) is 13.1 Å². The summed E-state index contributed by atoms with van der Waals surface area (Å²) in [5, 5.41) is 0. The second kappa shape index (κ2) is 7.53. The molecule has 0 saturated carbocycles. The van der Waals surface area contributed by atoms with Crippen molar-refractivity contribution in [3.63, 3.8) is 0 Å². The highest BCUT2D eigenvalue weighted by Gasteiger charge is 2.06. The first kappa shape index (κ1) is 15.2. The third-order valence-electron chi connectivity index (χ3n) is 3.04. The molecular formula is C17H18FN3. The highest BCUT2D eigenvalue weighted by atomic mass is 19.1. The number of rotatable bonds is 4. The molecule has 3 nitrogen and oxygen atoms in total. The second-order valence-electron chi connectivity index (χ2n) is 4.84. The van der Waals surface area contributed by atoms with Crippen LogP contribution in [0.2, 0.25) is 0 Å². The smallest absolute Gasteiger partial charge is 0.124 e. The molecular weight excluding hydrogens is 265 g/mol. The van der Waals surface area contributed by atoms with Gasteiger partial charge in [0.1, 0.15) is 5.82 Å². The summed E-state index contributed by atoms with van der Waals surface area (Å²) in [4.78, 5) is 6.15. The van der Waals surface area contributed by atoms with Gasteiger partial charge in [-0.2, -0.15) is 0 Å². The van der Waals surface area contributed by atoms with Crippen LogP contribution in [0.1, 0.15) is 16.7 Å². The predicted molar refractivity (Wildman–Crippen MR) is 81.7 cm³/mol. The molecule has 4 heteroatoms. The lowest BCUT2D eigenvalue weighted by Gasteiger charge is -2.17. The molecule has 1 aromatic carbocycles. The van der Waals surface area contributed by atoms with Gasteiger partial charge in [0, 0.05) is 31.0 Å². The first-order valence-corrected chi connectivity index (χ1v) is 6.74. The van der Waals surface area contributed by atoms with Gasteiger partial charge >= 0.3 is 0 Å². The van der Waals surface area contributed by atoms with Crippen LogP contribution in [0.5, 0.6) is 0 Å². The van der Waals surface area contributed by atoms with E-state index < -0.39 is 0 Å². The van der Waals surface area contributed by atoms with Crippen molar-refractivity contribution in [3.05, 3.63) is 65.2 Å². The standard InChI is InChI=1S/C17H18FN3/c1-21(12-14-6-9-20-10-7-14)13-16-4-5-17(18)11-15(16)3-2-8-19/h4-7,9-11H,8,12-13,19H2,1H3. The first-order chi connectivity index (χ1) is 10.2. The fraction of sp³-hybridized carbons (Fsp3) is 0.235. The third-order valence-corrected chi connectivity index (χ3v) is 3.04. The van der Waals surface area contributed by atoms with Crippen LogP contribution >= 0.6 is 0 Å². The Morgan fingerprint density at radius 3 is 2.67 bits per heavy atom. The molecule has 0 fully saturated rings. The van der Waals surface area contributed by atoms with Gasteiger partial charge in [-0.15, -0.1) is 0 Å². The Kier molecular flexibility index (Phi) is 5.44. The molecule has 0 saturated heterocycles. The van der Waals surface area contributed by atoms with Crippen LogP contribution in [0.3, 0.4) is 0 Å². The fourth-order valence-corrected chi connectivity index (χ4v) is 2.10.